The lowest BCUT2D eigenvalue weighted by molar-refractivity contribution is 0.0727. The van der Waals surface area contributed by atoms with E-state index in [2.05, 4.69) is 15.9 Å². The van der Waals surface area contributed by atoms with Gasteiger partial charge in [-0.2, -0.15) is 5.26 Å². The number of ether oxygens (including phenoxy) is 2. The Morgan fingerprint density at radius 3 is 2.55 bits per heavy atom. The molecule has 0 unspecified atom stereocenters. The Labute approximate surface area is 137 Å². The number of nitrogens with zero attached hydrogens (tertiary/aromatic N) is 1. The molecule has 0 bridgehead atoms. The van der Waals surface area contributed by atoms with E-state index in [0.29, 0.717) is 28.0 Å². The minimum Gasteiger partial charge on any atom is -0.490 e. The van der Waals surface area contributed by atoms with Crippen LogP contribution in [0.2, 0.25) is 0 Å². The molecular formula is C17H14BrNO3. The first-order chi connectivity index (χ1) is 10.5. The molecule has 0 atom stereocenters. The highest BCUT2D eigenvalue weighted by molar-refractivity contribution is 9.10. The fourth-order valence-electron chi connectivity index (χ4n) is 1.84. The van der Waals surface area contributed by atoms with Crippen LogP contribution >= 0.6 is 15.9 Å². The Balaban J connectivity index is 2.34. The van der Waals surface area contributed by atoms with Gasteiger partial charge >= 0.3 is 5.97 Å². The molecule has 0 spiro atoms. The molecule has 0 aliphatic carbocycles. The van der Waals surface area contributed by atoms with Crippen LogP contribution in [0.4, 0.5) is 0 Å². The monoisotopic (exact) mass is 359 g/mol. The van der Waals surface area contributed by atoms with Gasteiger partial charge in [0.25, 0.3) is 0 Å². The molecule has 0 aliphatic heterocycles. The molecule has 0 amide bonds. The van der Waals surface area contributed by atoms with Gasteiger partial charge in [0.1, 0.15) is 0 Å². The van der Waals surface area contributed by atoms with Crippen molar-refractivity contribution in [2.24, 2.45) is 0 Å². The van der Waals surface area contributed by atoms with Crippen molar-refractivity contribution in [2.45, 2.75) is 13.8 Å². The van der Waals surface area contributed by atoms with Crippen molar-refractivity contribution in [3.05, 3.63) is 57.6 Å². The van der Waals surface area contributed by atoms with Crippen molar-refractivity contribution < 1.29 is 14.3 Å². The number of rotatable bonds is 4. The predicted molar refractivity (Wildman–Crippen MR) is 86.2 cm³/mol. The summed E-state index contributed by atoms with van der Waals surface area (Å²) in [5.74, 6) is 0.145. The molecule has 2 aromatic carbocycles. The normalized spacial score (nSPS) is 9.91. The molecule has 0 saturated heterocycles. The SMILES string of the molecule is CCOc1cc(C#N)cc(Br)c1OC(=O)c1ccc(C)cc1. The van der Waals surface area contributed by atoms with Crippen molar-refractivity contribution >= 4 is 21.9 Å². The van der Waals surface area contributed by atoms with Gasteiger partial charge in [-0.05, 0) is 48.0 Å². The molecule has 4 nitrogen and oxygen atoms in total. The van der Waals surface area contributed by atoms with Crippen molar-refractivity contribution in [2.75, 3.05) is 6.61 Å². The average molecular weight is 360 g/mol. The standard InChI is InChI=1S/C17H14BrNO3/c1-3-21-15-9-12(10-19)8-14(18)16(15)22-17(20)13-6-4-11(2)5-7-13/h4-9H,3H2,1-2H3. The third-order valence-corrected chi connectivity index (χ3v) is 3.51. The quantitative estimate of drug-likeness (QED) is 0.604. The van der Waals surface area contributed by atoms with E-state index in [0.717, 1.165) is 5.56 Å². The maximum Gasteiger partial charge on any atom is 0.343 e. The van der Waals surface area contributed by atoms with Gasteiger partial charge in [-0.15, -0.1) is 0 Å². The summed E-state index contributed by atoms with van der Waals surface area (Å²) in [7, 11) is 0. The highest BCUT2D eigenvalue weighted by Crippen LogP contribution is 2.37. The third kappa shape index (κ3) is 3.66. The first-order valence-electron chi connectivity index (χ1n) is 6.70. The molecule has 2 aromatic rings. The Morgan fingerprint density at radius 2 is 1.95 bits per heavy atom. The highest BCUT2D eigenvalue weighted by atomic mass is 79.9. The number of benzene rings is 2. The van der Waals surface area contributed by atoms with Crippen molar-refractivity contribution in [3.8, 4) is 17.6 Å². The minimum absolute atomic E-state index is 0.270. The molecule has 0 fully saturated rings. The first-order valence-corrected chi connectivity index (χ1v) is 7.49. The van der Waals surface area contributed by atoms with Crippen molar-refractivity contribution in [3.63, 3.8) is 0 Å². The number of carbonyl (C=O) groups excluding carboxylic acids is 1. The Kier molecular flexibility index (Phi) is 5.18. The second kappa shape index (κ2) is 7.10. The lowest BCUT2D eigenvalue weighted by Gasteiger charge is -2.13. The maximum atomic E-state index is 12.2. The zero-order valence-corrected chi connectivity index (χ0v) is 13.8. The maximum absolute atomic E-state index is 12.2. The van der Waals surface area contributed by atoms with Crippen LogP contribution < -0.4 is 9.47 Å². The van der Waals surface area contributed by atoms with E-state index in [1.165, 1.54) is 0 Å². The predicted octanol–water partition coefficient (Wildman–Crippen LogP) is 4.25. The number of esters is 1. The van der Waals surface area contributed by atoms with Gasteiger partial charge in [0.15, 0.2) is 11.5 Å². The largest absolute Gasteiger partial charge is 0.490 e. The summed E-state index contributed by atoms with van der Waals surface area (Å²) in [5.41, 5.74) is 1.93. The molecule has 112 valence electrons. The van der Waals surface area contributed by atoms with Crippen LogP contribution in [0.15, 0.2) is 40.9 Å². The lowest BCUT2D eigenvalue weighted by Crippen LogP contribution is -2.10. The minimum atomic E-state index is -0.480. The van der Waals surface area contributed by atoms with Gasteiger partial charge in [-0.3, -0.25) is 0 Å². The fourth-order valence-corrected chi connectivity index (χ4v) is 2.36. The summed E-state index contributed by atoms with van der Waals surface area (Å²) in [6.45, 7) is 4.16. The van der Waals surface area contributed by atoms with Gasteiger partial charge in [0, 0.05) is 6.07 Å². The van der Waals surface area contributed by atoms with Crippen LogP contribution in [0.5, 0.6) is 11.5 Å². The second-order valence-electron chi connectivity index (χ2n) is 4.59. The van der Waals surface area contributed by atoms with E-state index in [1.54, 1.807) is 24.3 Å². The van der Waals surface area contributed by atoms with Crippen LogP contribution in [0.25, 0.3) is 0 Å². The smallest absolute Gasteiger partial charge is 0.343 e. The molecule has 0 saturated carbocycles. The number of hydrogen-bond acceptors (Lipinski definition) is 4. The van der Waals surface area contributed by atoms with Gasteiger partial charge in [0.05, 0.1) is 28.3 Å². The van der Waals surface area contributed by atoms with E-state index in [4.69, 9.17) is 14.7 Å². The summed E-state index contributed by atoms with van der Waals surface area (Å²) >= 11 is 3.31. The Morgan fingerprint density at radius 1 is 1.27 bits per heavy atom. The third-order valence-electron chi connectivity index (χ3n) is 2.92. The molecule has 0 aromatic heterocycles. The molecular weight excluding hydrogens is 346 g/mol. The Hall–Kier alpha value is -2.32. The van der Waals surface area contributed by atoms with Crippen LogP contribution in [0, 0.1) is 18.3 Å². The number of hydrogen-bond donors (Lipinski definition) is 0. The zero-order valence-electron chi connectivity index (χ0n) is 12.2. The molecule has 22 heavy (non-hydrogen) atoms. The Bertz CT molecular complexity index is 733. The highest BCUT2D eigenvalue weighted by Gasteiger charge is 2.17. The number of carbonyl (C=O) groups is 1. The second-order valence-corrected chi connectivity index (χ2v) is 5.44. The number of aryl methyl sites for hydroxylation is 1. The van der Waals surface area contributed by atoms with Crippen LogP contribution in [-0.4, -0.2) is 12.6 Å². The molecule has 0 radical (unpaired) electrons. The van der Waals surface area contributed by atoms with E-state index >= 15 is 0 Å². The molecule has 0 heterocycles. The van der Waals surface area contributed by atoms with Crippen LogP contribution in [0.1, 0.15) is 28.4 Å². The van der Waals surface area contributed by atoms with E-state index in [9.17, 15) is 4.79 Å². The number of nitriles is 1. The summed E-state index contributed by atoms with van der Waals surface area (Å²) in [6, 6.07) is 12.3. The van der Waals surface area contributed by atoms with Crippen molar-refractivity contribution in [1.29, 1.82) is 5.26 Å². The summed E-state index contributed by atoms with van der Waals surface area (Å²) < 4.78 is 11.4. The van der Waals surface area contributed by atoms with Gasteiger partial charge in [-0.25, -0.2) is 4.79 Å². The summed E-state index contributed by atoms with van der Waals surface area (Å²) in [6.07, 6.45) is 0. The molecule has 0 aliphatic rings. The van der Waals surface area contributed by atoms with E-state index in [-0.39, 0.29) is 5.75 Å². The number of halogens is 1. The molecule has 2 rings (SSSR count). The van der Waals surface area contributed by atoms with Gasteiger partial charge in [0.2, 0.25) is 0 Å². The summed E-state index contributed by atoms with van der Waals surface area (Å²) in [5, 5.41) is 9.00. The van der Waals surface area contributed by atoms with Gasteiger partial charge < -0.3 is 9.47 Å². The topological polar surface area (TPSA) is 59.3 Å². The van der Waals surface area contributed by atoms with Crippen LogP contribution in [0.3, 0.4) is 0 Å². The fraction of sp³-hybridized carbons (Fsp3) is 0.176. The summed E-state index contributed by atoms with van der Waals surface area (Å²) in [4.78, 5) is 12.2. The average Bonchev–Trinajstić information content (AvgIpc) is 2.51. The van der Waals surface area contributed by atoms with E-state index in [1.807, 2.05) is 32.0 Å². The van der Waals surface area contributed by atoms with Crippen LogP contribution in [-0.2, 0) is 0 Å². The van der Waals surface area contributed by atoms with E-state index < -0.39 is 5.97 Å². The lowest BCUT2D eigenvalue weighted by atomic mass is 10.1. The van der Waals surface area contributed by atoms with Gasteiger partial charge in [-0.1, -0.05) is 17.7 Å². The van der Waals surface area contributed by atoms with Crippen molar-refractivity contribution in [1.82, 2.24) is 0 Å². The molecule has 5 heteroatoms. The first kappa shape index (κ1) is 16.1. The zero-order chi connectivity index (χ0) is 16.1. The molecule has 0 N–H and O–H groups in total.